The fourth-order valence-corrected chi connectivity index (χ4v) is 4.78. The molecule has 0 radical (unpaired) electrons. The van der Waals surface area contributed by atoms with Crippen molar-refractivity contribution >= 4 is 17.6 Å². The number of ether oxygens (including phenoxy) is 2. The van der Waals surface area contributed by atoms with Crippen LogP contribution in [0.2, 0.25) is 0 Å². The summed E-state index contributed by atoms with van der Waals surface area (Å²) in [5.74, 6) is 1.08. The Labute approximate surface area is 205 Å². The first-order chi connectivity index (χ1) is 16.9. The van der Waals surface area contributed by atoms with Gasteiger partial charge in [0.05, 0.1) is 38.6 Å². The second kappa shape index (κ2) is 10.4. The number of hydrazone groups is 1. The molecule has 2 heterocycles. The standard InChI is InChI=1S/C26H32N4O5/c1-16-12-19-13-22(34-3)23(35-4)14-21(19)24(28-30(16)26(33)27-2)17-7-9-18(10-8-17)25(32)29-11-5-6-20(29)15-31/h7-10,13-14,16,20,31H,5-6,11-12,15H2,1-4H3,(H,27,33)/t16?,20-/m1/s1. The fourth-order valence-electron chi connectivity index (χ4n) is 4.78. The second-order valence-corrected chi connectivity index (χ2v) is 8.82. The number of rotatable bonds is 5. The predicted molar refractivity (Wildman–Crippen MR) is 132 cm³/mol. The summed E-state index contributed by atoms with van der Waals surface area (Å²) in [5.41, 5.74) is 3.72. The van der Waals surface area contributed by atoms with Crippen molar-refractivity contribution in [1.29, 1.82) is 0 Å². The number of nitrogens with one attached hydrogen (secondary N) is 1. The molecule has 2 N–H and O–H groups in total. The highest BCUT2D eigenvalue weighted by molar-refractivity contribution is 6.15. The first-order valence-electron chi connectivity index (χ1n) is 11.8. The molecule has 2 atom stereocenters. The molecule has 1 fully saturated rings. The van der Waals surface area contributed by atoms with E-state index in [1.165, 1.54) is 5.01 Å². The van der Waals surface area contributed by atoms with Crippen molar-refractivity contribution in [2.45, 2.75) is 38.3 Å². The highest BCUT2D eigenvalue weighted by atomic mass is 16.5. The van der Waals surface area contributed by atoms with Crippen LogP contribution in [0, 0.1) is 0 Å². The van der Waals surface area contributed by atoms with Crippen molar-refractivity contribution in [3.8, 4) is 11.5 Å². The van der Waals surface area contributed by atoms with Gasteiger partial charge in [-0.15, -0.1) is 0 Å². The Balaban J connectivity index is 1.77. The average molecular weight is 481 g/mol. The number of urea groups is 1. The first kappa shape index (κ1) is 24.5. The van der Waals surface area contributed by atoms with Gasteiger partial charge in [0.25, 0.3) is 5.91 Å². The molecular formula is C26H32N4O5. The number of aliphatic hydroxyl groups excluding tert-OH is 1. The van der Waals surface area contributed by atoms with E-state index in [9.17, 15) is 14.7 Å². The van der Waals surface area contributed by atoms with Crippen molar-refractivity contribution in [2.75, 3.05) is 34.4 Å². The fraction of sp³-hybridized carbons (Fsp3) is 0.423. The van der Waals surface area contributed by atoms with Crippen LogP contribution >= 0.6 is 0 Å². The van der Waals surface area contributed by atoms with Crippen LogP contribution in [0.25, 0.3) is 0 Å². The topological polar surface area (TPSA) is 104 Å². The van der Waals surface area contributed by atoms with Gasteiger partial charge in [-0.3, -0.25) is 4.79 Å². The van der Waals surface area contributed by atoms with Gasteiger partial charge in [-0.25, -0.2) is 9.80 Å². The summed E-state index contributed by atoms with van der Waals surface area (Å²) < 4.78 is 11.0. The molecule has 0 aliphatic carbocycles. The molecule has 3 amide bonds. The minimum atomic E-state index is -0.308. The van der Waals surface area contributed by atoms with Gasteiger partial charge in [0.15, 0.2) is 11.5 Å². The van der Waals surface area contributed by atoms with E-state index in [1.54, 1.807) is 38.3 Å². The van der Waals surface area contributed by atoms with Crippen LogP contribution in [0.3, 0.4) is 0 Å². The lowest BCUT2D eigenvalue weighted by Gasteiger charge is -2.23. The van der Waals surface area contributed by atoms with Crippen LogP contribution < -0.4 is 14.8 Å². The lowest BCUT2D eigenvalue weighted by Crippen LogP contribution is -2.41. The summed E-state index contributed by atoms with van der Waals surface area (Å²) in [7, 11) is 4.75. The molecule has 9 nitrogen and oxygen atoms in total. The third-order valence-corrected chi connectivity index (χ3v) is 6.68. The summed E-state index contributed by atoms with van der Waals surface area (Å²) >= 11 is 0. The molecule has 2 aliphatic rings. The first-order valence-corrected chi connectivity index (χ1v) is 11.8. The number of hydrogen-bond acceptors (Lipinski definition) is 6. The number of hydrogen-bond donors (Lipinski definition) is 2. The highest BCUT2D eigenvalue weighted by Gasteiger charge is 2.30. The van der Waals surface area contributed by atoms with Crippen LogP contribution in [0.15, 0.2) is 41.5 Å². The van der Waals surface area contributed by atoms with Crippen LogP contribution in [-0.4, -0.2) is 79.2 Å². The van der Waals surface area contributed by atoms with E-state index >= 15 is 0 Å². The number of aliphatic hydroxyl groups is 1. The van der Waals surface area contributed by atoms with Crippen molar-refractivity contribution < 1.29 is 24.2 Å². The van der Waals surface area contributed by atoms with E-state index in [0.717, 1.165) is 29.5 Å². The normalized spacial score (nSPS) is 19.5. The van der Waals surface area contributed by atoms with E-state index in [4.69, 9.17) is 14.6 Å². The number of methoxy groups -OCH3 is 2. The van der Waals surface area contributed by atoms with Gasteiger partial charge >= 0.3 is 6.03 Å². The number of nitrogens with zero attached hydrogens (tertiary/aromatic N) is 3. The number of likely N-dealkylation sites (tertiary alicyclic amines) is 1. The number of carbonyl (C=O) groups is 2. The van der Waals surface area contributed by atoms with Crippen LogP contribution in [-0.2, 0) is 6.42 Å². The van der Waals surface area contributed by atoms with Gasteiger partial charge in [0.1, 0.15) is 0 Å². The molecule has 2 aromatic rings. The molecule has 0 saturated carbocycles. The lowest BCUT2D eigenvalue weighted by molar-refractivity contribution is 0.0677. The molecule has 9 heteroatoms. The summed E-state index contributed by atoms with van der Waals surface area (Å²) in [6.07, 6.45) is 2.28. The smallest absolute Gasteiger partial charge is 0.337 e. The monoisotopic (exact) mass is 480 g/mol. The highest BCUT2D eigenvalue weighted by Crippen LogP contribution is 2.34. The lowest BCUT2D eigenvalue weighted by atomic mass is 9.93. The van der Waals surface area contributed by atoms with Crippen molar-refractivity contribution in [3.63, 3.8) is 0 Å². The minimum Gasteiger partial charge on any atom is -0.493 e. The summed E-state index contributed by atoms with van der Waals surface area (Å²) in [6.45, 7) is 2.56. The third-order valence-electron chi connectivity index (χ3n) is 6.68. The van der Waals surface area contributed by atoms with Crippen LogP contribution in [0.5, 0.6) is 11.5 Å². The molecule has 186 valence electrons. The maximum Gasteiger partial charge on any atom is 0.337 e. The van der Waals surface area contributed by atoms with Gasteiger partial charge < -0.3 is 24.8 Å². The van der Waals surface area contributed by atoms with E-state index in [0.29, 0.717) is 35.7 Å². The molecule has 35 heavy (non-hydrogen) atoms. The zero-order valence-electron chi connectivity index (χ0n) is 20.6. The number of benzene rings is 2. The van der Waals surface area contributed by atoms with E-state index in [1.807, 2.05) is 31.2 Å². The predicted octanol–water partition coefficient (Wildman–Crippen LogP) is 2.64. The van der Waals surface area contributed by atoms with Gasteiger partial charge in [-0.2, -0.15) is 5.10 Å². The molecule has 0 aromatic heterocycles. The van der Waals surface area contributed by atoms with E-state index in [-0.39, 0.29) is 30.6 Å². The summed E-state index contributed by atoms with van der Waals surface area (Å²) in [5, 5.41) is 18.5. The average Bonchev–Trinajstić information content (AvgIpc) is 3.32. The third kappa shape index (κ3) is 4.68. The molecule has 1 unspecified atom stereocenters. The van der Waals surface area contributed by atoms with Crippen molar-refractivity contribution in [2.24, 2.45) is 5.10 Å². The summed E-state index contributed by atoms with van der Waals surface area (Å²) in [6, 6.07) is 10.4. The largest absolute Gasteiger partial charge is 0.493 e. The second-order valence-electron chi connectivity index (χ2n) is 8.82. The minimum absolute atomic E-state index is 0.0315. The quantitative estimate of drug-likeness (QED) is 0.685. The van der Waals surface area contributed by atoms with Crippen LogP contribution in [0.1, 0.15) is 46.8 Å². The summed E-state index contributed by atoms with van der Waals surface area (Å²) in [4.78, 5) is 27.4. The van der Waals surface area contributed by atoms with E-state index < -0.39 is 0 Å². The Morgan fingerprint density at radius 2 is 1.83 bits per heavy atom. The van der Waals surface area contributed by atoms with Crippen LogP contribution in [0.4, 0.5) is 4.79 Å². The van der Waals surface area contributed by atoms with Gasteiger partial charge in [0, 0.05) is 30.3 Å². The number of carbonyl (C=O) groups excluding carboxylic acids is 2. The Morgan fingerprint density at radius 1 is 1.14 bits per heavy atom. The number of amides is 3. The van der Waals surface area contributed by atoms with Gasteiger partial charge in [-0.05, 0) is 56.0 Å². The maximum absolute atomic E-state index is 13.0. The SMILES string of the molecule is CNC(=O)N1N=C(c2ccc(C(=O)N3CCC[C@@H]3CO)cc2)c2cc(OC)c(OC)cc2CC1C. The van der Waals surface area contributed by atoms with Gasteiger partial charge in [0.2, 0.25) is 0 Å². The molecule has 0 spiro atoms. The Bertz CT molecular complexity index is 1130. The molecule has 2 aliphatic heterocycles. The zero-order valence-corrected chi connectivity index (χ0v) is 20.6. The zero-order chi connectivity index (χ0) is 25.1. The molecular weight excluding hydrogens is 448 g/mol. The van der Waals surface area contributed by atoms with E-state index in [2.05, 4.69) is 5.32 Å². The van der Waals surface area contributed by atoms with Gasteiger partial charge in [-0.1, -0.05) is 12.1 Å². The maximum atomic E-state index is 13.0. The number of fused-ring (bicyclic) bond motifs is 1. The molecule has 2 aromatic carbocycles. The molecule has 0 bridgehead atoms. The molecule has 4 rings (SSSR count). The Morgan fingerprint density at radius 3 is 2.46 bits per heavy atom. The Kier molecular flexibility index (Phi) is 7.25. The van der Waals surface area contributed by atoms with Crippen molar-refractivity contribution in [3.05, 3.63) is 58.7 Å². The molecule has 1 saturated heterocycles. The van der Waals surface area contributed by atoms with Crippen molar-refractivity contribution in [1.82, 2.24) is 15.2 Å². The Hall–Kier alpha value is -3.59.